The van der Waals surface area contributed by atoms with Crippen LogP contribution in [0.4, 0.5) is 5.69 Å². The molecule has 8 heteroatoms. The van der Waals surface area contributed by atoms with Crippen molar-refractivity contribution in [2.75, 3.05) is 5.32 Å². The number of carbonyl (C=O) groups excluding carboxylic acids is 1. The van der Waals surface area contributed by atoms with Gasteiger partial charge in [0.05, 0.1) is 39.8 Å². The number of aromatic amines is 2. The Morgan fingerprint density at radius 2 is 1.82 bits per heavy atom. The molecule has 8 nitrogen and oxygen atoms in total. The van der Waals surface area contributed by atoms with Crippen molar-refractivity contribution in [3.05, 3.63) is 90.9 Å². The van der Waals surface area contributed by atoms with Crippen LogP contribution in [0.2, 0.25) is 0 Å². The summed E-state index contributed by atoms with van der Waals surface area (Å²) < 4.78 is 0. The number of pyridine rings is 3. The van der Waals surface area contributed by atoms with Crippen LogP contribution in [0.15, 0.2) is 85.3 Å². The number of amides is 1. The molecule has 0 fully saturated rings. The van der Waals surface area contributed by atoms with Gasteiger partial charge >= 0.3 is 0 Å². The van der Waals surface area contributed by atoms with Gasteiger partial charge in [-0.2, -0.15) is 5.10 Å². The molecule has 0 unspecified atom stereocenters. The summed E-state index contributed by atoms with van der Waals surface area (Å²) in [5.41, 5.74) is 7.59. The number of rotatable bonds is 4. The summed E-state index contributed by atoms with van der Waals surface area (Å²) in [5, 5.41) is 10.4. The lowest BCUT2D eigenvalue weighted by Gasteiger charge is -2.07. The molecule has 0 bridgehead atoms. The van der Waals surface area contributed by atoms with Crippen LogP contribution in [0.5, 0.6) is 0 Å². The molecule has 0 atom stereocenters. The summed E-state index contributed by atoms with van der Waals surface area (Å²) in [5.74, 6) is -0.192. The van der Waals surface area contributed by atoms with Crippen LogP contribution in [0.25, 0.3) is 44.7 Å². The average molecular weight is 431 g/mol. The SMILES string of the molecule is O=C(Nc1cncc(-c2ccc3[nH]nc(-c4cc5ncccc5[nH]4)c3n2)c1)c1ccccc1. The molecule has 0 aliphatic rings. The molecule has 0 aliphatic carbocycles. The van der Waals surface area contributed by atoms with Crippen LogP contribution in [-0.2, 0) is 0 Å². The Balaban J connectivity index is 1.36. The second-order valence-corrected chi connectivity index (χ2v) is 7.57. The number of hydrogen-bond donors (Lipinski definition) is 3. The Morgan fingerprint density at radius 3 is 2.70 bits per heavy atom. The van der Waals surface area contributed by atoms with Crippen LogP contribution in [-0.4, -0.2) is 36.0 Å². The van der Waals surface area contributed by atoms with Gasteiger partial charge in [-0.3, -0.25) is 19.9 Å². The largest absolute Gasteiger partial charge is 0.352 e. The Kier molecular flexibility index (Phi) is 4.40. The number of fused-ring (bicyclic) bond motifs is 2. The quantitative estimate of drug-likeness (QED) is 0.371. The van der Waals surface area contributed by atoms with Crippen molar-refractivity contribution >= 4 is 33.7 Å². The number of nitrogens with zero attached hydrogens (tertiary/aromatic N) is 4. The molecule has 3 N–H and O–H groups in total. The molecular formula is C25H17N7O. The molecule has 0 saturated heterocycles. The first-order valence-corrected chi connectivity index (χ1v) is 10.4. The van der Waals surface area contributed by atoms with E-state index in [4.69, 9.17) is 4.98 Å². The zero-order chi connectivity index (χ0) is 22.2. The van der Waals surface area contributed by atoms with Crippen molar-refractivity contribution in [1.82, 2.24) is 30.1 Å². The highest BCUT2D eigenvalue weighted by molar-refractivity contribution is 6.04. The smallest absolute Gasteiger partial charge is 0.255 e. The van der Waals surface area contributed by atoms with Crippen molar-refractivity contribution in [2.45, 2.75) is 0 Å². The lowest BCUT2D eigenvalue weighted by molar-refractivity contribution is 0.102. The molecule has 1 aromatic carbocycles. The summed E-state index contributed by atoms with van der Waals surface area (Å²) in [4.78, 5) is 29.4. The van der Waals surface area contributed by atoms with E-state index in [1.807, 2.05) is 54.6 Å². The molecule has 0 saturated carbocycles. The first-order valence-electron chi connectivity index (χ1n) is 10.4. The minimum Gasteiger partial charge on any atom is -0.352 e. The molecule has 1 amide bonds. The maximum Gasteiger partial charge on any atom is 0.255 e. The van der Waals surface area contributed by atoms with Gasteiger partial charge in [0.15, 0.2) is 0 Å². The first kappa shape index (κ1) is 18.9. The fraction of sp³-hybridized carbons (Fsp3) is 0. The van der Waals surface area contributed by atoms with Crippen molar-refractivity contribution in [2.24, 2.45) is 0 Å². The summed E-state index contributed by atoms with van der Waals surface area (Å²) >= 11 is 0. The number of nitrogens with one attached hydrogen (secondary N) is 3. The van der Waals surface area contributed by atoms with E-state index in [1.165, 1.54) is 0 Å². The van der Waals surface area contributed by atoms with Crippen molar-refractivity contribution in [3.63, 3.8) is 0 Å². The Hall–Kier alpha value is -4.85. The minimum atomic E-state index is -0.192. The number of anilines is 1. The van der Waals surface area contributed by atoms with E-state index in [-0.39, 0.29) is 5.91 Å². The van der Waals surface area contributed by atoms with Crippen LogP contribution >= 0.6 is 0 Å². The molecule has 33 heavy (non-hydrogen) atoms. The minimum absolute atomic E-state index is 0.192. The van der Waals surface area contributed by atoms with E-state index in [2.05, 4.69) is 30.5 Å². The summed E-state index contributed by atoms with van der Waals surface area (Å²) in [6.45, 7) is 0. The molecule has 158 valence electrons. The van der Waals surface area contributed by atoms with E-state index in [0.717, 1.165) is 39.0 Å². The number of benzene rings is 1. The molecule has 0 spiro atoms. The van der Waals surface area contributed by atoms with Crippen LogP contribution in [0.3, 0.4) is 0 Å². The monoisotopic (exact) mass is 431 g/mol. The molecular weight excluding hydrogens is 414 g/mol. The third-order valence-electron chi connectivity index (χ3n) is 5.38. The maximum absolute atomic E-state index is 12.5. The fourth-order valence-electron chi connectivity index (χ4n) is 3.77. The van der Waals surface area contributed by atoms with E-state index < -0.39 is 0 Å². The Labute approximate surface area is 187 Å². The maximum atomic E-state index is 12.5. The van der Waals surface area contributed by atoms with Crippen LogP contribution in [0.1, 0.15) is 10.4 Å². The zero-order valence-corrected chi connectivity index (χ0v) is 17.3. The van der Waals surface area contributed by atoms with Crippen LogP contribution in [0, 0.1) is 0 Å². The molecule has 0 radical (unpaired) electrons. The van der Waals surface area contributed by atoms with Gasteiger partial charge in [-0.1, -0.05) is 18.2 Å². The highest BCUT2D eigenvalue weighted by Crippen LogP contribution is 2.29. The highest BCUT2D eigenvalue weighted by atomic mass is 16.1. The number of aromatic nitrogens is 6. The normalized spacial score (nSPS) is 11.2. The average Bonchev–Trinajstić information content (AvgIpc) is 3.48. The topological polar surface area (TPSA) is 112 Å². The number of H-pyrrole nitrogens is 2. The fourth-order valence-corrected chi connectivity index (χ4v) is 3.77. The number of carbonyl (C=O) groups is 1. The summed E-state index contributed by atoms with van der Waals surface area (Å²) in [6.07, 6.45) is 5.10. The lowest BCUT2D eigenvalue weighted by Crippen LogP contribution is -2.11. The molecule has 0 aliphatic heterocycles. The van der Waals surface area contributed by atoms with E-state index in [0.29, 0.717) is 16.9 Å². The zero-order valence-electron chi connectivity index (χ0n) is 17.3. The standard InChI is InChI=1S/C25H17N7O/c33-25(15-5-2-1-3-6-15)28-17-11-16(13-26-14-17)18-8-9-20-23(30-18)24(32-31-20)22-12-21-19(29-22)7-4-10-27-21/h1-14,29H,(H,28,33)(H,31,32). The van der Waals surface area contributed by atoms with Gasteiger partial charge in [-0.25, -0.2) is 4.98 Å². The third kappa shape index (κ3) is 3.49. The lowest BCUT2D eigenvalue weighted by atomic mass is 10.1. The van der Waals surface area contributed by atoms with E-state index in [9.17, 15) is 4.79 Å². The van der Waals surface area contributed by atoms with Gasteiger partial charge in [0, 0.05) is 23.5 Å². The van der Waals surface area contributed by atoms with Crippen molar-refractivity contribution in [3.8, 4) is 22.6 Å². The molecule has 6 aromatic rings. The van der Waals surface area contributed by atoms with Gasteiger partial charge < -0.3 is 10.3 Å². The first-order chi connectivity index (χ1) is 16.2. The van der Waals surface area contributed by atoms with Gasteiger partial charge in [0.25, 0.3) is 5.91 Å². The van der Waals surface area contributed by atoms with Gasteiger partial charge in [-0.15, -0.1) is 0 Å². The van der Waals surface area contributed by atoms with Gasteiger partial charge in [-0.05, 0) is 48.5 Å². The number of hydrogen-bond acceptors (Lipinski definition) is 5. The molecule has 5 heterocycles. The highest BCUT2D eigenvalue weighted by Gasteiger charge is 2.14. The second-order valence-electron chi connectivity index (χ2n) is 7.57. The molecule has 5 aromatic heterocycles. The Morgan fingerprint density at radius 1 is 0.909 bits per heavy atom. The predicted molar refractivity (Wildman–Crippen MR) is 127 cm³/mol. The van der Waals surface area contributed by atoms with Crippen LogP contribution < -0.4 is 5.32 Å². The summed E-state index contributed by atoms with van der Waals surface area (Å²) in [7, 11) is 0. The Bertz CT molecular complexity index is 1590. The van der Waals surface area contributed by atoms with E-state index in [1.54, 1.807) is 30.7 Å². The van der Waals surface area contributed by atoms with Crippen molar-refractivity contribution < 1.29 is 4.79 Å². The third-order valence-corrected chi connectivity index (χ3v) is 5.38. The second kappa shape index (κ2) is 7.69. The van der Waals surface area contributed by atoms with E-state index >= 15 is 0 Å². The predicted octanol–water partition coefficient (Wildman–Crippen LogP) is 4.82. The van der Waals surface area contributed by atoms with Gasteiger partial charge in [0.1, 0.15) is 11.2 Å². The van der Waals surface area contributed by atoms with Gasteiger partial charge in [0.2, 0.25) is 0 Å². The summed E-state index contributed by atoms with van der Waals surface area (Å²) in [6, 6.07) is 20.6. The molecule has 6 rings (SSSR count). The van der Waals surface area contributed by atoms with Crippen molar-refractivity contribution in [1.29, 1.82) is 0 Å².